The average Bonchev–Trinajstić information content (AvgIpc) is 2.54. The summed E-state index contributed by atoms with van der Waals surface area (Å²) in [5.74, 6) is 0.873. The van der Waals surface area contributed by atoms with Crippen molar-refractivity contribution in [3.63, 3.8) is 0 Å². The smallest absolute Gasteiger partial charge is 0.267 e. The number of nitrogens with zero attached hydrogens (tertiary/aromatic N) is 1. The molecule has 1 aromatic rings. The number of para-hydroxylation sites is 2. The number of nitrogens with two attached hydrogens (primary N) is 1. The van der Waals surface area contributed by atoms with E-state index in [9.17, 15) is 9.59 Å². The lowest BCUT2D eigenvalue weighted by Crippen LogP contribution is -2.53. The van der Waals surface area contributed by atoms with Gasteiger partial charge < -0.3 is 20.7 Å². The summed E-state index contributed by atoms with van der Waals surface area (Å²) < 4.78 is 5.61. The highest BCUT2D eigenvalue weighted by Gasteiger charge is 2.32. The summed E-state index contributed by atoms with van der Waals surface area (Å²) in [7, 11) is 0. The van der Waals surface area contributed by atoms with Crippen LogP contribution in [0, 0.1) is 5.92 Å². The third kappa shape index (κ3) is 4.72. The molecule has 0 saturated carbocycles. The molecule has 1 aliphatic rings. The van der Waals surface area contributed by atoms with Crippen molar-refractivity contribution in [2.24, 2.45) is 11.7 Å². The van der Waals surface area contributed by atoms with Gasteiger partial charge in [0.15, 0.2) is 6.10 Å². The van der Waals surface area contributed by atoms with Crippen LogP contribution in [-0.4, -0.2) is 36.5 Å². The Balaban J connectivity index is 2.02. The van der Waals surface area contributed by atoms with Crippen molar-refractivity contribution < 1.29 is 14.3 Å². The second kappa shape index (κ2) is 7.87. The van der Waals surface area contributed by atoms with Gasteiger partial charge in [-0.1, -0.05) is 26.0 Å². The minimum absolute atomic E-state index is 0.0990. The van der Waals surface area contributed by atoms with Gasteiger partial charge in [0.1, 0.15) is 5.75 Å². The number of nitrogens with one attached hydrogen (secondary N) is 1. The number of rotatable bonds is 7. The first-order chi connectivity index (χ1) is 11.8. The minimum atomic E-state index is -0.548. The Morgan fingerprint density at radius 2 is 2.08 bits per heavy atom. The summed E-state index contributed by atoms with van der Waals surface area (Å²) >= 11 is 0. The lowest BCUT2D eigenvalue weighted by molar-refractivity contribution is -0.126. The van der Waals surface area contributed by atoms with Gasteiger partial charge in [-0.25, -0.2) is 0 Å². The lowest BCUT2D eigenvalue weighted by Gasteiger charge is -2.34. The zero-order chi connectivity index (χ0) is 18.6. The van der Waals surface area contributed by atoms with Crippen LogP contribution in [0.1, 0.15) is 40.5 Å². The van der Waals surface area contributed by atoms with Gasteiger partial charge in [-0.3, -0.25) is 9.59 Å². The maximum Gasteiger partial charge on any atom is 0.267 e. The molecule has 0 radical (unpaired) electrons. The molecule has 2 unspecified atom stereocenters. The van der Waals surface area contributed by atoms with E-state index in [4.69, 9.17) is 10.5 Å². The second-order valence-corrected chi connectivity index (χ2v) is 7.38. The highest BCUT2D eigenvalue weighted by molar-refractivity contribution is 6.00. The molecule has 2 amide bonds. The fourth-order valence-corrected chi connectivity index (χ4v) is 3.29. The number of fused-ring (bicyclic) bond motifs is 1. The zero-order valence-electron chi connectivity index (χ0n) is 15.5. The van der Waals surface area contributed by atoms with Crippen LogP contribution in [0.3, 0.4) is 0 Å². The van der Waals surface area contributed by atoms with Crippen LogP contribution in [0.2, 0.25) is 0 Å². The molecular formula is C19H29N3O3. The van der Waals surface area contributed by atoms with E-state index in [2.05, 4.69) is 19.2 Å². The summed E-state index contributed by atoms with van der Waals surface area (Å²) in [6.45, 7) is 8.59. The first-order valence-electron chi connectivity index (χ1n) is 8.84. The van der Waals surface area contributed by atoms with E-state index in [1.807, 2.05) is 31.2 Å². The number of hydrogen-bond donors (Lipinski definition) is 2. The van der Waals surface area contributed by atoms with Crippen molar-refractivity contribution in [3.05, 3.63) is 24.3 Å². The average molecular weight is 347 g/mol. The van der Waals surface area contributed by atoms with Crippen molar-refractivity contribution >= 4 is 17.5 Å². The van der Waals surface area contributed by atoms with Gasteiger partial charge in [0.25, 0.3) is 5.91 Å². The Hall–Kier alpha value is -2.08. The van der Waals surface area contributed by atoms with Gasteiger partial charge in [-0.15, -0.1) is 0 Å². The molecule has 0 bridgehead atoms. The fraction of sp³-hybridized carbons (Fsp3) is 0.579. The van der Waals surface area contributed by atoms with Crippen LogP contribution in [0.25, 0.3) is 0 Å². The Morgan fingerprint density at radius 3 is 2.72 bits per heavy atom. The molecule has 0 aliphatic carbocycles. The molecule has 3 N–H and O–H groups in total. The molecule has 2 atom stereocenters. The largest absolute Gasteiger partial charge is 0.479 e. The standard InChI is InChI=1S/C19H29N3O3/c1-13(2)11-19(4,12-20)21-17(23)9-10-22-15-7-5-6-8-16(15)25-14(3)18(22)24/h5-8,13-14H,9-12,20H2,1-4H3,(H,21,23). The van der Waals surface area contributed by atoms with Gasteiger partial charge in [0, 0.05) is 25.0 Å². The van der Waals surface area contributed by atoms with Crippen molar-refractivity contribution in [2.45, 2.75) is 52.2 Å². The number of carbonyl (C=O) groups is 2. The van der Waals surface area contributed by atoms with E-state index in [-0.39, 0.29) is 18.2 Å². The number of benzene rings is 1. The first-order valence-corrected chi connectivity index (χ1v) is 8.84. The number of carbonyl (C=O) groups excluding carboxylic acids is 2. The summed E-state index contributed by atoms with van der Waals surface area (Å²) in [5, 5.41) is 3.03. The molecule has 0 saturated heterocycles. The Morgan fingerprint density at radius 1 is 1.40 bits per heavy atom. The molecule has 1 heterocycles. The fourth-order valence-electron chi connectivity index (χ4n) is 3.29. The van der Waals surface area contributed by atoms with E-state index in [0.29, 0.717) is 30.4 Å². The predicted molar refractivity (Wildman–Crippen MR) is 98.6 cm³/mol. The Kier molecular flexibility index (Phi) is 6.06. The second-order valence-electron chi connectivity index (χ2n) is 7.38. The van der Waals surface area contributed by atoms with Gasteiger partial charge in [0.2, 0.25) is 5.91 Å². The molecule has 6 heteroatoms. The molecule has 0 fully saturated rings. The molecule has 0 spiro atoms. The van der Waals surface area contributed by atoms with E-state index < -0.39 is 11.6 Å². The molecule has 2 rings (SSSR count). The number of anilines is 1. The maximum absolute atomic E-state index is 12.4. The predicted octanol–water partition coefficient (Wildman–Crippen LogP) is 2.07. The number of ether oxygens (including phenoxy) is 1. The quantitative estimate of drug-likeness (QED) is 0.791. The highest BCUT2D eigenvalue weighted by Crippen LogP contribution is 2.33. The van der Waals surface area contributed by atoms with Crippen LogP contribution < -0.4 is 20.7 Å². The zero-order valence-corrected chi connectivity index (χ0v) is 15.5. The van der Waals surface area contributed by atoms with Crippen LogP contribution in [0.5, 0.6) is 5.75 Å². The molecule has 138 valence electrons. The summed E-state index contributed by atoms with van der Waals surface area (Å²) in [6.07, 6.45) is 0.486. The number of hydrogen-bond acceptors (Lipinski definition) is 4. The monoisotopic (exact) mass is 347 g/mol. The third-order valence-corrected chi connectivity index (χ3v) is 4.39. The molecular weight excluding hydrogens is 318 g/mol. The van der Waals surface area contributed by atoms with Crippen molar-refractivity contribution in [2.75, 3.05) is 18.0 Å². The molecule has 0 aromatic heterocycles. The van der Waals surface area contributed by atoms with Gasteiger partial charge in [0.05, 0.1) is 5.69 Å². The minimum Gasteiger partial charge on any atom is -0.479 e. The summed E-state index contributed by atoms with van der Waals surface area (Å²) in [5.41, 5.74) is 6.14. The SMILES string of the molecule is CC(C)CC(C)(CN)NC(=O)CCN1C(=O)C(C)Oc2ccccc21. The molecule has 1 aliphatic heterocycles. The van der Waals surface area contributed by atoms with Crippen LogP contribution in [0.15, 0.2) is 24.3 Å². The van der Waals surface area contributed by atoms with Gasteiger partial charge in [-0.05, 0) is 38.3 Å². The summed E-state index contributed by atoms with van der Waals surface area (Å²) in [4.78, 5) is 26.5. The molecule has 25 heavy (non-hydrogen) atoms. The van der Waals surface area contributed by atoms with Crippen molar-refractivity contribution in [1.29, 1.82) is 0 Å². The third-order valence-electron chi connectivity index (χ3n) is 4.39. The van der Waals surface area contributed by atoms with Gasteiger partial charge >= 0.3 is 0 Å². The highest BCUT2D eigenvalue weighted by atomic mass is 16.5. The lowest BCUT2D eigenvalue weighted by atomic mass is 9.90. The van der Waals surface area contributed by atoms with E-state index in [0.717, 1.165) is 6.42 Å². The van der Waals surface area contributed by atoms with Crippen LogP contribution >= 0.6 is 0 Å². The van der Waals surface area contributed by atoms with Crippen LogP contribution in [-0.2, 0) is 9.59 Å². The van der Waals surface area contributed by atoms with E-state index in [1.54, 1.807) is 11.8 Å². The normalized spacial score (nSPS) is 19.2. The topological polar surface area (TPSA) is 84.7 Å². The first kappa shape index (κ1) is 19.2. The van der Waals surface area contributed by atoms with Gasteiger partial charge in [-0.2, -0.15) is 0 Å². The maximum atomic E-state index is 12.4. The number of amides is 2. The Bertz CT molecular complexity index is 632. The molecule has 6 nitrogen and oxygen atoms in total. The van der Waals surface area contributed by atoms with Crippen molar-refractivity contribution in [1.82, 2.24) is 5.32 Å². The van der Waals surface area contributed by atoms with Crippen LogP contribution in [0.4, 0.5) is 5.69 Å². The molecule has 1 aromatic carbocycles. The Labute approximate surface area is 149 Å². The van der Waals surface area contributed by atoms with E-state index >= 15 is 0 Å². The van der Waals surface area contributed by atoms with Crippen molar-refractivity contribution in [3.8, 4) is 5.75 Å². The summed E-state index contributed by atoms with van der Waals surface area (Å²) in [6, 6.07) is 7.39. The van der Waals surface area contributed by atoms with E-state index in [1.165, 1.54) is 0 Å².